The number of ether oxygens (including phenoxy) is 1. The molecule has 1 N–H and O–H groups in total. The lowest BCUT2D eigenvalue weighted by Crippen LogP contribution is -2.16. The van der Waals surface area contributed by atoms with Gasteiger partial charge >= 0.3 is 5.91 Å². The van der Waals surface area contributed by atoms with Crippen molar-refractivity contribution in [1.29, 1.82) is 0 Å². The van der Waals surface area contributed by atoms with E-state index in [4.69, 9.17) is 9.15 Å². The molecule has 2 heterocycles. The summed E-state index contributed by atoms with van der Waals surface area (Å²) in [6.45, 7) is 10.8. The van der Waals surface area contributed by atoms with Crippen molar-refractivity contribution in [1.82, 2.24) is 9.99 Å². The van der Waals surface area contributed by atoms with E-state index in [1.807, 2.05) is 26.0 Å². The fraction of sp³-hybridized carbons (Fsp3) is 0.231. The molecule has 0 aliphatic carbocycles. The molecule has 0 radical (unpaired) electrons. The Morgan fingerprint density at radius 1 is 1.06 bits per heavy atom. The molecule has 6 nitrogen and oxygen atoms in total. The van der Waals surface area contributed by atoms with Crippen molar-refractivity contribution in [2.45, 2.75) is 34.6 Å². The van der Waals surface area contributed by atoms with Crippen LogP contribution in [0.5, 0.6) is 5.75 Å². The van der Waals surface area contributed by atoms with Crippen LogP contribution in [0.15, 0.2) is 58.0 Å². The van der Waals surface area contributed by atoms with Crippen LogP contribution in [0.2, 0.25) is 0 Å². The van der Waals surface area contributed by atoms with E-state index in [9.17, 15) is 4.79 Å². The third kappa shape index (κ3) is 4.17. The van der Waals surface area contributed by atoms with Crippen molar-refractivity contribution < 1.29 is 13.9 Å². The van der Waals surface area contributed by atoms with E-state index in [-0.39, 0.29) is 5.76 Å². The predicted octanol–water partition coefficient (Wildman–Crippen LogP) is 5.62. The minimum absolute atomic E-state index is 0.200. The number of aryl methyl sites for hydroxylation is 3. The van der Waals surface area contributed by atoms with E-state index >= 15 is 0 Å². The highest BCUT2D eigenvalue weighted by Gasteiger charge is 2.13. The molecule has 164 valence electrons. The van der Waals surface area contributed by atoms with Crippen LogP contribution in [0.4, 0.5) is 0 Å². The summed E-state index contributed by atoms with van der Waals surface area (Å²) < 4.78 is 13.3. The maximum absolute atomic E-state index is 12.5. The van der Waals surface area contributed by atoms with Crippen molar-refractivity contribution in [3.05, 3.63) is 82.4 Å². The Morgan fingerprint density at radius 2 is 1.88 bits per heavy atom. The molecule has 2 aromatic carbocycles. The number of carbonyl (C=O) groups excluding carboxylic acids is 1. The van der Waals surface area contributed by atoms with Gasteiger partial charge in [-0.3, -0.25) is 4.79 Å². The Bertz CT molecular complexity index is 1330. The average molecular weight is 430 g/mol. The quantitative estimate of drug-likeness (QED) is 0.319. The molecule has 4 aromatic rings. The molecular weight excluding hydrogens is 402 g/mol. The van der Waals surface area contributed by atoms with Gasteiger partial charge in [-0.25, -0.2) is 5.43 Å². The van der Waals surface area contributed by atoms with Crippen molar-refractivity contribution in [3.63, 3.8) is 0 Å². The predicted molar refractivity (Wildman–Crippen MR) is 127 cm³/mol. The van der Waals surface area contributed by atoms with Crippen LogP contribution in [-0.2, 0) is 0 Å². The summed E-state index contributed by atoms with van der Waals surface area (Å²) in [6.07, 6.45) is 1.66. The molecule has 0 atom stereocenters. The number of carbonyl (C=O) groups is 1. The summed E-state index contributed by atoms with van der Waals surface area (Å²) in [5.41, 5.74) is 9.89. The van der Waals surface area contributed by atoms with Crippen LogP contribution in [0.1, 0.15) is 45.6 Å². The monoisotopic (exact) mass is 429 g/mol. The van der Waals surface area contributed by atoms with Gasteiger partial charge < -0.3 is 13.7 Å². The molecule has 2 aromatic heterocycles. The first kappa shape index (κ1) is 21.4. The Balaban J connectivity index is 1.51. The van der Waals surface area contributed by atoms with E-state index in [0.717, 1.165) is 33.8 Å². The number of hydrogen-bond donors (Lipinski definition) is 1. The van der Waals surface area contributed by atoms with Crippen LogP contribution in [0.25, 0.3) is 16.7 Å². The molecule has 1 amide bonds. The second kappa shape index (κ2) is 8.75. The SMILES string of the molecule is CCOc1ccc2oc(C(=O)N/N=C/c3cc(C)n(-c4ccc(C)c(C)c4)c3C)cc2c1. The zero-order valence-corrected chi connectivity index (χ0v) is 19.0. The largest absolute Gasteiger partial charge is 0.494 e. The second-order valence-electron chi connectivity index (χ2n) is 7.87. The zero-order valence-electron chi connectivity index (χ0n) is 19.0. The summed E-state index contributed by atoms with van der Waals surface area (Å²) in [5, 5.41) is 4.96. The molecule has 0 spiro atoms. The lowest BCUT2D eigenvalue weighted by atomic mass is 10.1. The number of rotatable bonds is 6. The van der Waals surface area contributed by atoms with Crippen molar-refractivity contribution >= 4 is 23.1 Å². The summed E-state index contributed by atoms with van der Waals surface area (Å²) in [4.78, 5) is 12.5. The molecule has 0 aliphatic rings. The van der Waals surface area contributed by atoms with Crippen LogP contribution in [0, 0.1) is 27.7 Å². The standard InChI is InChI=1S/C26H27N3O3/c1-6-31-23-9-10-24-20(13-23)14-25(32-24)26(30)28-27-15-21-12-18(4)29(19(21)5)22-8-7-16(2)17(3)11-22/h7-15H,6H2,1-5H3,(H,28,30)/b27-15+. The number of furan rings is 1. The molecule has 32 heavy (non-hydrogen) atoms. The number of benzene rings is 2. The summed E-state index contributed by atoms with van der Waals surface area (Å²) in [7, 11) is 0. The first-order valence-electron chi connectivity index (χ1n) is 10.6. The first-order valence-corrected chi connectivity index (χ1v) is 10.6. The second-order valence-corrected chi connectivity index (χ2v) is 7.87. The van der Waals surface area contributed by atoms with E-state index in [0.29, 0.717) is 12.2 Å². The number of hydrogen-bond acceptors (Lipinski definition) is 4. The van der Waals surface area contributed by atoms with Gasteiger partial charge in [0.2, 0.25) is 0 Å². The van der Waals surface area contributed by atoms with Crippen LogP contribution in [0.3, 0.4) is 0 Å². The van der Waals surface area contributed by atoms with Crippen molar-refractivity contribution in [2.24, 2.45) is 5.10 Å². The third-order valence-corrected chi connectivity index (χ3v) is 5.61. The fourth-order valence-electron chi connectivity index (χ4n) is 3.79. The Labute approximate surface area is 187 Å². The molecule has 0 saturated carbocycles. The van der Waals surface area contributed by atoms with E-state index in [1.54, 1.807) is 18.3 Å². The molecule has 6 heteroatoms. The van der Waals surface area contributed by atoms with Crippen molar-refractivity contribution in [2.75, 3.05) is 6.61 Å². The molecule has 4 rings (SSSR count). The van der Waals surface area contributed by atoms with E-state index in [2.05, 4.69) is 60.1 Å². The maximum atomic E-state index is 12.5. The highest BCUT2D eigenvalue weighted by atomic mass is 16.5. The van der Waals surface area contributed by atoms with Crippen LogP contribution >= 0.6 is 0 Å². The average Bonchev–Trinajstić information content (AvgIpc) is 3.31. The van der Waals surface area contributed by atoms with Crippen molar-refractivity contribution in [3.8, 4) is 11.4 Å². The number of nitrogens with zero attached hydrogens (tertiary/aromatic N) is 2. The van der Waals surface area contributed by atoms with Gasteiger partial charge in [-0.05, 0) is 88.2 Å². The van der Waals surface area contributed by atoms with Crippen LogP contribution < -0.4 is 10.2 Å². The number of nitrogens with one attached hydrogen (secondary N) is 1. The number of aromatic nitrogens is 1. The number of fused-ring (bicyclic) bond motifs is 1. The summed E-state index contributed by atoms with van der Waals surface area (Å²) in [5.74, 6) is 0.537. The lowest BCUT2D eigenvalue weighted by molar-refractivity contribution is 0.0929. The highest BCUT2D eigenvalue weighted by Crippen LogP contribution is 2.25. The van der Waals surface area contributed by atoms with Gasteiger partial charge in [-0.2, -0.15) is 5.10 Å². The van der Waals surface area contributed by atoms with E-state index in [1.165, 1.54) is 11.1 Å². The minimum atomic E-state index is -0.404. The van der Waals surface area contributed by atoms with Gasteiger partial charge in [0.05, 0.1) is 12.8 Å². The molecular formula is C26H27N3O3. The normalized spacial score (nSPS) is 11.4. The Hall–Kier alpha value is -3.80. The van der Waals surface area contributed by atoms with Gasteiger partial charge in [0.15, 0.2) is 5.76 Å². The lowest BCUT2D eigenvalue weighted by Gasteiger charge is -2.11. The topological polar surface area (TPSA) is 68.8 Å². The third-order valence-electron chi connectivity index (χ3n) is 5.61. The highest BCUT2D eigenvalue weighted by molar-refractivity contribution is 5.96. The first-order chi connectivity index (χ1) is 15.4. The summed E-state index contributed by atoms with van der Waals surface area (Å²) in [6, 6.07) is 15.6. The van der Waals surface area contributed by atoms with E-state index < -0.39 is 5.91 Å². The minimum Gasteiger partial charge on any atom is -0.494 e. The fourth-order valence-corrected chi connectivity index (χ4v) is 3.79. The molecule has 0 fully saturated rings. The smallest absolute Gasteiger partial charge is 0.307 e. The summed E-state index contributed by atoms with van der Waals surface area (Å²) >= 11 is 0. The van der Waals surface area contributed by atoms with Gasteiger partial charge in [0.25, 0.3) is 0 Å². The van der Waals surface area contributed by atoms with Gasteiger partial charge in [0.1, 0.15) is 11.3 Å². The maximum Gasteiger partial charge on any atom is 0.307 e. The van der Waals surface area contributed by atoms with Gasteiger partial charge in [0, 0.05) is 28.0 Å². The van der Waals surface area contributed by atoms with Crippen LogP contribution in [-0.4, -0.2) is 23.3 Å². The number of amides is 1. The van der Waals surface area contributed by atoms with Gasteiger partial charge in [-0.1, -0.05) is 6.07 Å². The Kier molecular flexibility index (Phi) is 5.86. The molecule has 0 bridgehead atoms. The zero-order chi connectivity index (χ0) is 22.8. The Morgan fingerprint density at radius 3 is 2.62 bits per heavy atom. The number of hydrazone groups is 1. The van der Waals surface area contributed by atoms with Gasteiger partial charge in [-0.15, -0.1) is 0 Å². The molecule has 0 aliphatic heterocycles. The molecule has 0 unspecified atom stereocenters. The molecule has 0 saturated heterocycles.